The van der Waals surface area contributed by atoms with Crippen molar-refractivity contribution in [2.45, 2.75) is 32.2 Å². The number of piperidine rings is 1. The quantitative estimate of drug-likeness (QED) is 0.465. The third-order valence-electron chi connectivity index (χ3n) is 3.40. The molecule has 1 saturated heterocycles. The average molecular weight is 267 g/mol. The van der Waals surface area contributed by atoms with Crippen LogP contribution in [-0.4, -0.2) is 36.0 Å². The smallest absolute Gasteiger partial charge is 0.404 e. The number of likely N-dealkylation sites (tertiary alicyclic amines) is 1. The van der Waals surface area contributed by atoms with Crippen molar-refractivity contribution in [3.63, 3.8) is 0 Å². The zero-order valence-corrected chi connectivity index (χ0v) is 11.1. The van der Waals surface area contributed by atoms with Crippen LogP contribution >= 0.6 is 0 Å². The Balaban J connectivity index is 1.57. The Kier molecular flexibility index (Phi) is 5.35. The van der Waals surface area contributed by atoms with Crippen molar-refractivity contribution in [3.05, 3.63) is 28.0 Å². The molecular weight excluding hydrogens is 246 g/mol. The van der Waals surface area contributed by atoms with Crippen LogP contribution in [0.5, 0.6) is 0 Å². The molecule has 1 aromatic rings. The van der Waals surface area contributed by atoms with Gasteiger partial charge in [-0.05, 0) is 51.5 Å². The molecule has 6 nitrogen and oxygen atoms in total. The number of hydrogen-bond donors (Lipinski definition) is 1. The molecule has 1 aliphatic heterocycles. The standard InChI is InChI=1S/C13H21N3O3/c17-16(18)13-6-5-12(19-13)11-14-7-4-10-15-8-2-1-3-9-15/h5-6,14H,1-4,7-11H2. The van der Waals surface area contributed by atoms with Gasteiger partial charge in [0, 0.05) is 0 Å². The lowest BCUT2D eigenvalue weighted by atomic mass is 10.1. The van der Waals surface area contributed by atoms with Crippen LogP contribution in [0.1, 0.15) is 31.4 Å². The van der Waals surface area contributed by atoms with Crippen LogP contribution in [0.25, 0.3) is 0 Å². The van der Waals surface area contributed by atoms with Gasteiger partial charge < -0.3 is 14.6 Å². The van der Waals surface area contributed by atoms with Crippen molar-refractivity contribution in [3.8, 4) is 0 Å². The van der Waals surface area contributed by atoms with E-state index in [9.17, 15) is 10.1 Å². The van der Waals surface area contributed by atoms with Gasteiger partial charge in [-0.3, -0.25) is 10.1 Å². The van der Waals surface area contributed by atoms with Gasteiger partial charge in [0.05, 0.1) is 12.6 Å². The first-order valence-corrected chi connectivity index (χ1v) is 6.92. The Hall–Kier alpha value is -1.40. The molecule has 1 N–H and O–H groups in total. The van der Waals surface area contributed by atoms with Crippen LogP contribution in [0, 0.1) is 10.1 Å². The Morgan fingerprint density at radius 3 is 2.79 bits per heavy atom. The highest BCUT2D eigenvalue weighted by atomic mass is 16.6. The number of nitro groups is 1. The van der Waals surface area contributed by atoms with E-state index in [0.717, 1.165) is 19.5 Å². The molecule has 2 heterocycles. The molecule has 0 aliphatic carbocycles. The first-order valence-electron chi connectivity index (χ1n) is 6.92. The van der Waals surface area contributed by atoms with E-state index in [1.54, 1.807) is 6.07 Å². The van der Waals surface area contributed by atoms with Gasteiger partial charge in [-0.2, -0.15) is 0 Å². The monoisotopic (exact) mass is 267 g/mol. The molecule has 0 unspecified atom stereocenters. The second kappa shape index (κ2) is 7.25. The molecule has 0 spiro atoms. The summed E-state index contributed by atoms with van der Waals surface area (Å²) in [7, 11) is 0. The molecule has 0 bridgehead atoms. The maximum atomic E-state index is 10.5. The fraction of sp³-hybridized carbons (Fsp3) is 0.692. The van der Waals surface area contributed by atoms with Crippen LogP contribution in [0.15, 0.2) is 16.5 Å². The SMILES string of the molecule is O=[N+]([O-])c1ccc(CNCCCN2CCCCC2)o1. The maximum absolute atomic E-state index is 10.5. The highest BCUT2D eigenvalue weighted by Gasteiger charge is 2.11. The third-order valence-corrected chi connectivity index (χ3v) is 3.40. The lowest BCUT2D eigenvalue weighted by molar-refractivity contribution is -0.402. The van der Waals surface area contributed by atoms with E-state index < -0.39 is 4.92 Å². The zero-order valence-electron chi connectivity index (χ0n) is 11.1. The van der Waals surface area contributed by atoms with Gasteiger partial charge in [-0.1, -0.05) is 6.42 Å². The van der Waals surface area contributed by atoms with E-state index in [2.05, 4.69) is 10.2 Å². The van der Waals surface area contributed by atoms with Crippen molar-refractivity contribution >= 4 is 5.88 Å². The summed E-state index contributed by atoms with van der Waals surface area (Å²) in [5.74, 6) is 0.426. The first-order chi connectivity index (χ1) is 9.25. The summed E-state index contributed by atoms with van der Waals surface area (Å²) in [6.07, 6.45) is 5.11. The lowest BCUT2D eigenvalue weighted by Crippen LogP contribution is -2.32. The molecule has 1 aliphatic rings. The maximum Gasteiger partial charge on any atom is 0.433 e. The summed E-state index contributed by atoms with van der Waals surface area (Å²) < 4.78 is 5.07. The zero-order chi connectivity index (χ0) is 13.5. The van der Waals surface area contributed by atoms with Crippen LogP contribution in [-0.2, 0) is 6.54 Å². The van der Waals surface area contributed by atoms with Gasteiger partial charge in [0.15, 0.2) is 0 Å². The molecule has 1 aromatic heterocycles. The lowest BCUT2D eigenvalue weighted by Gasteiger charge is -2.26. The number of nitrogens with zero attached hydrogens (tertiary/aromatic N) is 2. The van der Waals surface area contributed by atoms with E-state index in [-0.39, 0.29) is 5.88 Å². The minimum atomic E-state index is -0.514. The highest BCUT2D eigenvalue weighted by Crippen LogP contribution is 2.15. The van der Waals surface area contributed by atoms with E-state index in [4.69, 9.17) is 4.42 Å². The predicted octanol–water partition coefficient (Wildman–Crippen LogP) is 2.15. The highest BCUT2D eigenvalue weighted by molar-refractivity contribution is 5.17. The molecule has 6 heteroatoms. The van der Waals surface area contributed by atoms with E-state index in [1.165, 1.54) is 38.4 Å². The average Bonchev–Trinajstić information content (AvgIpc) is 2.89. The summed E-state index contributed by atoms with van der Waals surface area (Å²) in [6.45, 7) is 5.04. The van der Waals surface area contributed by atoms with Crippen LogP contribution in [0.3, 0.4) is 0 Å². The van der Waals surface area contributed by atoms with Gasteiger partial charge in [0.25, 0.3) is 0 Å². The van der Waals surface area contributed by atoms with Gasteiger partial charge in [0.2, 0.25) is 0 Å². The molecule has 0 atom stereocenters. The van der Waals surface area contributed by atoms with Gasteiger partial charge in [0.1, 0.15) is 10.7 Å². The minimum Gasteiger partial charge on any atom is -0.404 e. The normalized spacial score (nSPS) is 16.6. The Bertz CT molecular complexity index is 400. The van der Waals surface area contributed by atoms with Crippen molar-refractivity contribution < 1.29 is 9.34 Å². The Morgan fingerprint density at radius 1 is 1.32 bits per heavy atom. The molecule has 19 heavy (non-hydrogen) atoms. The van der Waals surface area contributed by atoms with Crippen molar-refractivity contribution in [2.24, 2.45) is 0 Å². The second-order valence-corrected chi connectivity index (χ2v) is 4.93. The van der Waals surface area contributed by atoms with E-state index in [1.807, 2.05) is 0 Å². The van der Waals surface area contributed by atoms with Gasteiger partial charge in [-0.15, -0.1) is 0 Å². The summed E-state index contributed by atoms with van der Waals surface area (Å²) in [4.78, 5) is 12.4. The topological polar surface area (TPSA) is 71.6 Å². The van der Waals surface area contributed by atoms with Gasteiger partial charge in [-0.25, -0.2) is 0 Å². The van der Waals surface area contributed by atoms with Crippen molar-refractivity contribution in [1.82, 2.24) is 10.2 Å². The van der Waals surface area contributed by atoms with Crippen molar-refractivity contribution in [1.29, 1.82) is 0 Å². The first kappa shape index (κ1) is 14.0. The third kappa shape index (κ3) is 4.65. The number of rotatable bonds is 7. The molecular formula is C13H21N3O3. The molecule has 0 radical (unpaired) electrons. The molecule has 0 aromatic carbocycles. The molecule has 0 saturated carbocycles. The largest absolute Gasteiger partial charge is 0.433 e. The summed E-state index contributed by atoms with van der Waals surface area (Å²) >= 11 is 0. The summed E-state index contributed by atoms with van der Waals surface area (Å²) in [5.41, 5.74) is 0. The number of furan rings is 1. The molecule has 0 amide bonds. The minimum absolute atomic E-state index is 0.190. The van der Waals surface area contributed by atoms with Crippen LogP contribution in [0.4, 0.5) is 5.88 Å². The fourth-order valence-electron chi connectivity index (χ4n) is 2.38. The predicted molar refractivity (Wildman–Crippen MR) is 72.0 cm³/mol. The van der Waals surface area contributed by atoms with E-state index in [0.29, 0.717) is 12.3 Å². The van der Waals surface area contributed by atoms with Crippen molar-refractivity contribution in [2.75, 3.05) is 26.2 Å². The number of hydrogen-bond acceptors (Lipinski definition) is 5. The molecule has 106 valence electrons. The Morgan fingerprint density at radius 2 is 2.11 bits per heavy atom. The molecule has 1 fully saturated rings. The number of nitrogens with one attached hydrogen (secondary N) is 1. The summed E-state index contributed by atoms with van der Waals surface area (Å²) in [6, 6.07) is 3.04. The molecule has 2 rings (SSSR count). The van der Waals surface area contributed by atoms with Crippen LogP contribution < -0.4 is 5.32 Å². The van der Waals surface area contributed by atoms with Crippen LogP contribution in [0.2, 0.25) is 0 Å². The van der Waals surface area contributed by atoms with Gasteiger partial charge >= 0.3 is 5.88 Å². The second-order valence-electron chi connectivity index (χ2n) is 4.93. The fourth-order valence-corrected chi connectivity index (χ4v) is 2.38. The summed E-state index contributed by atoms with van der Waals surface area (Å²) in [5, 5.41) is 13.7. The van der Waals surface area contributed by atoms with E-state index >= 15 is 0 Å². The Labute approximate surface area is 112 Å².